The second kappa shape index (κ2) is 7.93. The van der Waals surface area contributed by atoms with E-state index in [0.29, 0.717) is 17.7 Å². The number of ether oxygens (including phenoxy) is 1. The van der Waals surface area contributed by atoms with Gasteiger partial charge in [-0.1, -0.05) is 24.3 Å². The van der Waals surface area contributed by atoms with E-state index in [1.165, 1.54) is 6.08 Å². The van der Waals surface area contributed by atoms with E-state index in [0.717, 1.165) is 16.9 Å². The molecule has 3 rings (SSSR count). The number of benzene rings is 2. The fourth-order valence-corrected chi connectivity index (χ4v) is 2.10. The maximum absolute atomic E-state index is 11.1. The normalized spacial score (nSPS) is 10.5. The van der Waals surface area contributed by atoms with Crippen molar-refractivity contribution in [3.05, 3.63) is 78.7 Å². The van der Waals surface area contributed by atoms with Gasteiger partial charge in [-0.2, -0.15) is 0 Å². The van der Waals surface area contributed by atoms with Crippen LogP contribution in [-0.4, -0.2) is 11.1 Å². The third-order valence-electron chi connectivity index (χ3n) is 2.92. The Morgan fingerprint density at radius 3 is 2.48 bits per heavy atom. The van der Waals surface area contributed by atoms with Crippen LogP contribution in [0.5, 0.6) is 11.5 Å². The maximum atomic E-state index is 11.1. The van der Waals surface area contributed by atoms with Crippen molar-refractivity contribution in [1.82, 2.24) is 0 Å². The quantitative estimate of drug-likeness (QED) is 0.539. The second-order valence-electron chi connectivity index (χ2n) is 4.26. The summed E-state index contributed by atoms with van der Waals surface area (Å²) in [6, 6.07) is 12.8. The number of para-hydroxylation sites is 1. The van der Waals surface area contributed by atoms with E-state index in [4.69, 9.17) is 9.84 Å². The summed E-state index contributed by atoms with van der Waals surface area (Å²) in [4.78, 5) is 11.1. The SMILES string of the molecule is C=C[CH2-].O=C(O)c1cccc2c1Cc1ccccc1O2.[Na+]. The Bertz CT molecular complexity index is 650. The Morgan fingerprint density at radius 2 is 1.81 bits per heavy atom. The molecule has 0 unspecified atom stereocenters. The molecule has 0 aromatic heterocycles. The zero-order valence-electron chi connectivity index (χ0n) is 12.0. The minimum Gasteiger partial charge on any atom is -0.478 e. The molecular weight excluding hydrogens is 275 g/mol. The molecular formula is C17H15NaO3. The summed E-state index contributed by atoms with van der Waals surface area (Å²) in [6.07, 6.45) is 2.11. The molecule has 0 fully saturated rings. The summed E-state index contributed by atoms with van der Waals surface area (Å²) in [5.41, 5.74) is 2.09. The van der Waals surface area contributed by atoms with Gasteiger partial charge in [-0.05, 0) is 23.8 Å². The molecule has 0 aliphatic carbocycles. The number of carboxylic acid groups (broad SMARTS) is 1. The summed E-state index contributed by atoms with van der Waals surface area (Å²) in [7, 11) is 0. The van der Waals surface area contributed by atoms with Gasteiger partial charge < -0.3 is 9.84 Å². The summed E-state index contributed by atoms with van der Waals surface area (Å²) in [6.45, 7) is 6.50. The fraction of sp³-hybridized carbons (Fsp3) is 0.0588. The molecule has 1 aliphatic heterocycles. The Balaban J connectivity index is 0.000000510. The number of carbonyl (C=O) groups is 1. The van der Waals surface area contributed by atoms with E-state index >= 15 is 0 Å². The smallest absolute Gasteiger partial charge is 0.478 e. The number of fused-ring (bicyclic) bond motifs is 2. The maximum Gasteiger partial charge on any atom is 1.00 e. The summed E-state index contributed by atoms with van der Waals surface area (Å²) in [5.74, 6) is 0.538. The largest absolute Gasteiger partial charge is 1.00 e. The van der Waals surface area contributed by atoms with Crippen LogP contribution in [0.25, 0.3) is 0 Å². The van der Waals surface area contributed by atoms with Gasteiger partial charge in [0, 0.05) is 12.0 Å². The van der Waals surface area contributed by atoms with Gasteiger partial charge >= 0.3 is 35.5 Å². The van der Waals surface area contributed by atoms with Gasteiger partial charge in [-0.3, -0.25) is 0 Å². The minimum absolute atomic E-state index is 0. The van der Waals surface area contributed by atoms with Crippen molar-refractivity contribution in [2.75, 3.05) is 0 Å². The summed E-state index contributed by atoms with van der Waals surface area (Å²) in [5, 5.41) is 9.13. The van der Waals surface area contributed by atoms with Crippen molar-refractivity contribution in [2.45, 2.75) is 6.42 Å². The van der Waals surface area contributed by atoms with E-state index < -0.39 is 5.97 Å². The van der Waals surface area contributed by atoms with Crippen LogP contribution >= 0.6 is 0 Å². The fourth-order valence-electron chi connectivity index (χ4n) is 2.10. The van der Waals surface area contributed by atoms with E-state index in [1.54, 1.807) is 18.2 Å². The van der Waals surface area contributed by atoms with Gasteiger partial charge in [0.2, 0.25) is 0 Å². The second-order valence-corrected chi connectivity index (χ2v) is 4.26. The molecule has 0 bridgehead atoms. The molecule has 0 atom stereocenters. The Hall–Kier alpha value is -1.68. The molecule has 0 spiro atoms. The van der Waals surface area contributed by atoms with Gasteiger partial charge in [-0.25, -0.2) is 24.4 Å². The third kappa shape index (κ3) is 3.91. The standard InChI is InChI=1S/C14H10O3.C3H5.Na/c15-14(16)10-5-3-7-13-11(10)8-9-4-1-2-6-12(9)17-13;1-3-2;/h1-7H,8H2,(H,15,16);3H,1-2H2;/q;-1;+1. The Morgan fingerprint density at radius 1 is 1.19 bits per heavy atom. The number of hydrogen-bond acceptors (Lipinski definition) is 2. The molecule has 3 nitrogen and oxygen atoms in total. The van der Waals surface area contributed by atoms with Crippen molar-refractivity contribution >= 4 is 5.97 Å². The molecule has 0 amide bonds. The average molecular weight is 290 g/mol. The molecule has 1 N–H and O–H groups in total. The van der Waals surface area contributed by atoms with E-state index in [9.17, 15) is 4.79 Å². The first-order valence-corrected chi connectivity index (χ1v) is 6.18. The first-order valence-electron chi connectivity index (χ1n) is 6.18. The molecule has 2 aromatic carbocycles. The van der Waals surface area contributed by atoms with Gasteiger partial charge in [0.05, 0.1) is 5.56 Å². The zero-order valence-corrected chi connectivity index (χ0v) is 14.0. The first kappa shape index (κ1) is 17.4. The molecule has 0 radical (unpaired) electrons. The predicted octanol–water partition coefficient (Wildman–Crippen LogP) is 1.09. The number of allylic oxidation sites excluding steroid dienone is 1. The molecule has 1 heterocycles. The number of aromatic carboxylic acids is 1. The summed E-state index contributed by atoms with van der Waals surface area (Å²) >= 11 is 0. The van der Waals surface area contributed by atoms with Crippen molar-refractivity contribution in [2.24, 2.45) is 0 Å². The molecule has 0 saturated heterocycles. The van der Waals surface area contributed by atoms with Gasteiger partial charge in [-0.15, -0.1) is 0 Å². The van der Waals surface area contributed by atoms with Gasteiger partial charge in [0.15, 0.2) is 0 Å². The average Bonchev–Trinajstić information content (AvgIpc) is 2.45. The Kier molecular flexibility index (Phi) is 6.56. The van der Waals surface area contributed by atoms with E-state index in [1.807, 2.05) is 24.3 Å². The Labute approximate surface area is 146 Å². The molecule has 2 aromatic rings. The molecule has 1 aliphatic rings. The predicted molar refractivity (Wildman–Crippen MR) is 78.3 cm³/mol. The third-order valence-corrected chi connectivity index (χ3v) is 2.92. The van der Waals surface area contributed by atoms with Gasteiger partial charge in [0.1, 0.15) is 11.5 Å². The van der Waals surface area contributed by atoms with Crippen LogP contribution in [0.2, 0.25) is 0 Å². The molecule has 102 valence electrons. The van der Waals surface area contributed by atoms with Crippen molar-refractivity contribution in [3.8, 4) is 11.5 Å². The number of rotatable bonds is 1. The van der Waals surface area contributed by atoms with Crippen LogP contribution in [0.1, 0.15) is 21.5 Å². The van der Waals surface area contributed by atoms with Crippen molar-refractivity contribution in [3.63, 3.8) is 0 Å². The van der Waals surface area contributed by atoms with E-state index in [2.05, 4.69) is 13.5 Å². The van der Waals surface area contributed by atoms with Crippen molar-refractivity contribution < 1.29 is 44.2 Å². The van der Waals surface area contributed by atoms with Crippen LogP contribution in [0, 0.1) is 6.92 Å². The van der Waals surface area contributed by atoms with Crippen molar-refractivity contribution in [1.29, 1.82) is 0 Å². The van der Waals surface area contributed by atoms with Crippen LogP contribution in [0.3, 0.4) is 0 Å². The van der Waals surface area contributed by atoms with Gasteiger partial charge in [0.25, 0.3) is 0 Å². The molecule has 4 heteroatoms. The summed E-state index contributed by atoms with van der Waals surface area (Å²) < 4.78 is 5.70. The van der Waals surface area contributed by atoms with E-state index in [-0.39, 0.29) is 29.6 Å². The van der Waals surface area contributed by atoms with Crippen LogP contribution in [-0.2, 0) is 6.42 Å². The minimum atomic E-state index is -0.912. The van der Waals surface area contributed by atoms with Crippen LogP contribution in [0.15, 0.2) is 55.1 Å². The number of carboxylic acids is 1. The van der Waals surface area contributed by atoms with Crippen LogP contribution in [0.4, 0.5) is 0 Å². The first-order chi connectivity index (χ1) is 9.67. The topological polar surface area (TPSA) is 46.5 Å². The monoisotopic (exact) mass is 290 g/mol. The van der Waals surface area contributed by atoms with Crippen LogP contribution < -0.4 is 34.3 Å². The number of hydrogen-bond donors (Lipinski definition) is 1. The molecule has 0 saturated carbocycles. The molecule has 21 heavy (non-hydrogen) atoms. The zero-order chi connectivity index (χ0) is 14.5.